The van der Waals surface area contributed by atoms with E-state index in [1.54, 1.807) is 4.88 Å². The molecule has 0 spiro atoms. The van der Waals surface area contributed by atoms with Gasteiger partial charge in [0.25, 0.3) is 0 Å². The lowest BCUT2D eigenvalue weighted by atomic mass is 10.1. The lowest BCUT2D eigenvalue weighted by Gasteiger charge is -2.29. The number of hydrogen-bond donors (Lipinski definition) is 0. The summed E-state index contributed by atoms with van der Waals surface area (Å²) in [6.45, 7) is 6.72. The summed E-state index contributed by atoms with van der Waals surface area (Å²) in [6, 6.07) is 14.2. The molecule has 1 saturated heterocycles. The summed E-state index contributed by atoms with van der Waals surface area (Å²) in [6.07, 6.45) is 5.40. The molecule has 1 nitrogen and oxygen atoms in total. The largest absolute Gasteiger partial charge is 0.291 e. The van der Waals surface area contributed by atoms with E-state index in [1.807, 2.05) is 11.3 Å². The van der Waals surface area contributed by atoms with Gasteiger partial charge in [0.1, 0.15) is 0 Å². The molecule has 2 aromatic rings. The van der Waals surface area contributed by atoms with Crippen LogP contribution in [-0.2, 0) is 6.54 Å². The average molecular weight is 299 g/mol. The van der Waals surface area contributed by atoms with Crippen LogP contribution in [0.15, 0.2) is 36.4 Å². The van der Waals surface area contributed by atoms with Crippen LogP contribution in [-0.4, -0.2) is 11.4 Å². The van der Waals surface area contributed by atoms with E-state index in [9.17, 15) is 0 Å². The van der Waals surface area contributed by atoms with Crippen molar-refractivity contribution in [2.75, 3.05) is 6.54 Å². The van der Waals surface area contributed by atoms with Crippen molar-refractivity contribution in [1.82, 2.24) is 4.90 Å². The van der Waals surface area contributed by atoms with Crippen molar-refractivity contribution in [2.24, 2.45) is 0 Å². The van der Waals surface area contributed by atoms with Gasteiger partial charge in [-0.15, -0.1) is 11.3 Å². The molecule has 0 aliphatic carbocycles. The average Bonchev–Trinajstić information content (AvgIpc) is 2.75. The van der Waals surface area contributed by atoms with Crippen LogP contribution in [0, 0.1) is 13.8 Å². The molecular formula is C19H25NS. The maximum absolute atomic E-state index is 2.70. The van der Waals surface area contributed by atoms with Gasteiger partial charge in [-0.3, -0.25) is 4.90 Å². The molecule has 1 aromatic heterocycles. The fraction of sp³-hybridized carbons (Fsp3) is 0.474. The van der Waals surface area contributed by atoms with Gasteiger partial charge in [0.05, 0.1) is 0 Å². The van der Waals surface area contributed by atoms with Crippen LogP contribution in [0.5, 0.6) is 0 Å². The fourth-order valence-corrected chi connectivity index (χ4v) is 4.40. The van der Waals surface area contributed by atoms with Crippen molar-refractivity contribution >= 4 is 11.3 Å². The summed E-state index contributed by atoms with van der Waals surface area (Å²) >= 11 is 1.98. The van der Waals surface area contributed by atoms with Crippen molar-refractivity contribution in [3.05, 3.63) is 57.3 Å². The number of benzene rings is 1. The maximum atomic E-state index is 2.70. The summed E-state index contributed by atoms with van der Waals surface area (Å²) in [5.41, 5.74) is 2.82. The standard InChI is InChI=1S/C19H25NS/c1-15-7-6-8-17(13-15)14-20-12-5-3-4-9-18(20)19-11-10-16(2)21-19/h6-8,10-11,13,18H,3-5,9,12,14H2,1-2H3/t18-/m0/s1. The summed E-state index contributed by atoms with van der Waals surface area (Å²) in [5, 5.41) is 0. The number of thiophene rings is 1. The highest BCUT2D eigenvalue weighted by Crippen LogP contribution is 2.35. The van der Waals surface area contributed by atoms with Crippen LogP contribution in [0.25, 0.3) is 0 Å². The first kappa shape index (κ1) is 14.8. The number of rotatable bonds is 3. The Kier molecular flexibility index (Phi) is 4.77. The minimum Gasteiger partial charge on any atom is -0.291 e. The van der Waals surface area contributed by atoms with Gasteiger partial charge in [0, 0.05) is 22.3 Å². The van der Waals surface area contributed by atoms with Crippen molar-refractivity contribution in [3.63, 3.8) is 0 Å². The molecule has 0 radical (unpaired) electrons. The molecule has 1 aliphatic heterocycles. The summed E-state index contributed by atoms with van der Waals surface area (Å²) in [4.78, 5) is 5.69. The fourth-order valence-electron chi connectivity index (χ4n) is 3.36. The number of aryl methyl sites for hydroxylation is 2. The Morgan fingerprint density at radius 3 is 2.76 bits per heavy atom. The smallest absolute Gasteiger partial charge is 0.0445 e. The second-order valence-corrected chi connectivity index (χ2v) is 7.59. The second-order valence-electron chi connectivity index (χ2n) is 6.27. The van der Waals surface area contributed by atoms with E-state index in [0.717, 1.165) is 6.54 Å². The molecule has 1 aliphatic rings. The summed E-state index contributed by atoms with van der Waals surface area (Å²) in [5.74, 6) is 0. The molecular weight excluding hydrogens is 274 g/mol. The Hall–Kier alpha value is -1.12. The summed E-state index contributed by atoms with van der Waals surface area (Å²) in [7, 11) is 0. The molecule has 0 saturated carbocycles. The van der Waals surface area contributed by atoms with Gasteiger partial charge >= 0.3 is 0 Å². The predicted molar refractivity (Wildman–Crippen MR) is 91.9 cm³/mol. The molecule has 0 amide bonds. The summed E-state index contributed by atoms with van der Waals surface area (Å²) < 4.78 is 0. The van der Waals surface area contributed by atoms with Gasteiger partial charge in [-0.1, -0.05) is 42.7 Å². The van der Waals surface area contributed by atoms with Crippen molar-refractivity contribution in [3.8, 4) is 0 Å². The van der Waals surface area contributed by atoms with Crippen molar-refractivity contribution in [1.29, 1.82) is 0 Å². The third-order valence-electron chi connectivity index (χ3n) is 4.42. The second kappa shape index (κ2) is 6.76. The van der Waals surface area contributed by atoms with Gasteiger partial charge < -0.3 is 0 Å². The van der Waals surface area contributed by atoms with E-state index in [1.165, 1.54) is 48.2 Å². The first-order chi connectivity index (χ1) is 10.2. The zero-order chi connectivity index (χ0) is 14.7. The molecule has 3 rings (SSSR count). The Balaban J connectivity index is 1.81. The molecule has 21 heavy (non-hydrogen) atoms. The molecule has 2 heteroatoms. The van der Waals surface area contributed by atoms with E-state index in [-0.39, 0.29) is 0 Å². The SMILES string of the molecule is Cc1cccc(CN2CCCCC[C@H]2c2ccc(C)s2)c1. The van der Waals surface area contributed by atoms with Gasteiger partial charge in [0.15, 0.2) is 0 Å². The lowest BCUT2D eigenvalue weighted by Crippen LogP contribution is -2.27. The molecule has 0 N–H and O–H groups in total. The van der Waals surface area contributed by atoms with Crippen LogP contribution in [0.1, 0.15) is 52.6 Å². The van der Waals surface area contributed by atoms with Gasteiger partial charge in [-0.25, -0.2) is 0 Å². The van der Waals surface area contributed by atoms with E-state index < -0.39 is 0 Å². The maximum Gasteiger partial charge on any atom is 0.0445 e. The van der Waals surface area contributed by atoms with Crippen LogP contribution in [0.2, 0.25) is 0 Å². The van der Waals surface area contributed by atoms with Gasteiger partial charge in [0.2, 0.25) is 0 Å². The first-order valence-corrected chi connectivity index (χ1v) is 8.90. The van der Waals surface area contributed by atoms with E-state index in [2.05, 4.69) is 55.1 Å². The molecule has 2 heterocycles. The van der Waals surface area contributed by atoms with Crippen LogP contribution < -0.4 is 0 Å². The zero-order valence-corrected chi connectivity index (χ0v) is 14.0. The highest BCUT2D eigenvalue weighted by molar-refractivity contribution is 7.12. The van der Waals surface area contributed by atoms with Crippen LogP contribution in [0.3, 0.4) is 0 Å². The van der Waals surface area contributed by atoms with Crippen LogP contribution >= 0.6 is 11.3 Å². The molecule has 0 bridgehead atoms. The minimum absolute atomic E-state index is 0.617. The Bertz CT molecular complexity index is 587. The number of hydrogen-bond acceptors (Lipinski definition) is 2. The van der Waals surface area contributed by atoms with E-state index >= 15 is 0 Å². The molecule has 1 atom stereocenters. The van der Waals surface area contributed by atoms with Crippen molar-refractivity contribution in [2.45, 2.75) is 52.1 Å². The predicted octanol–water partition coefficient (Wildman–Crippen LogP) is 5.48. The highest BCUT2D eigenvalue weighted by Gasteiger charge is 2.23. The van der Waals surface area contributed by atoms with Crippen LogP contribution in [0.4, 0.5) is 0 Å². The van der Waals surface area contributed by atoms with Gasteiger partial charge in [-0.2, -0.15) is 0 Å². The molecule has 1 fully saturated rings. The molecule has 0 unspecified atom stereocenters. The number of nitrogens with zero attached hydrogens (tertiary/aromatic N) is 1. The lowest BCUT2D eigenvalue weighted by molar-refractivity contribution is 0.195. The van der Waals surface area contributed by atoms with E-state index in [4.69, 9.17) is 0 Å². The molecule has 1 aromatic carbocycles. The van der Waals surface area contributed by atoms with Gasteiger partial charge in [-0.05, 0) is 50.9 Å². The third-order valence-corrected chi connectivity index (χ3v) is 5.52. The quantitative estimate of drug-likeness (QED) is 0.725. The number of likely N-dealkylation sites (tertiary alicyclic amines) is 1. The normalized spacial score (nSPS) is 20.4. The van der Waals surface area contributed by atoms with E-state index in [0.29, 0.717) is 6.04 Å². The zero-order valence-electron chi connectivity index (χ0n) is 13.1. The third kappa shape index (κ3) is 3.75. The Labute approximate surface area is 132 Å². The van der Waals surface area contributed by atoms with Crippen molar-refractivity contribution < 1.29 is 0 Å². The minimum atomic E-state index is 0.617. The monoisotopic (exact) mass is 299 g/mol. The molecule has 112 valence electrons. The highest BCUT2D eigenvalue weighted by atomic mass is 32.1. The Morgan fingerprint density at radius 1 is 1.10 bits per heavy atom. The topological polar surface area (TPSA) is 3.24 Å². The Morgan fingerprint density at radius 2 is 2.00 bits per heavy atom. The first-order valence-electron chi connectivity index (χ1n) is 8.08.